The molecule has 0 aromatic heterocycles. The van der Waals surface area contributed by atoms with E-state index in [1.54, 1.807) is 6.07 Å². The van der Waals surface area contributed by atoms with E-state index in [0.29, 0.717) is 10.0 Å². The second-order valence-electron chi connectivity index (χ2n) is 3.99. The first-order valence-electron chi connectivity index (χ1n) is 4.87. The SMILES string of the molecule is NC(CC1CC1)c1cc(Cl)cc(Cl)c1. The third-order valence-electron chi connectivity index (χ3n) is 2.60. The fourth-order valence-electron chi connectivity index (χ4n) is 1.64. The zero-order valence-corrected chi connectivity index (χ0v) is 9.35. The fraction of sp³-hybridized carbons (Fsp3) is 0.455. The minimum absolute atomic E-state index is 0.0821. The summed E-state index contributed by atoms with van der Waals surface area (Å²) in [5.41, 5.74) is 7.11. The summed E-state index contributed by atoms with van der Waals surface area (Å²) in [4.78, 5) is 0. The maximum absolute atomic E-state index is 6.06. The average molecular weight is 230 g/mol. The third-order valence-corrected chi connectivity index (χ3v) is 3.03. The Labute approximate surface area is 94.2 Å². The van der Waals surface area contributed by atoms with Crippen molar-refractivity contribution in [3.05, 3.63) is 33.8 Å². The predicted molar refractivity (Wildman–Crippen MR) is 60.7 cm³/mol. The van der Waals surface area contributed by atoms with E-state index in [1.807, 2.05) is 12.1 Å². The molecule has 0 amide bonds. The van der Waals surface area contributed by atoms with Crippen LogP contribution in [0.15, 0.2) is 18.2 Å². The highest BCUT2D eigenvalue weighted by Gasteiger charge is 2.24. The Morgan fingerprint density at radius 1 is 1.21 bits per heavy atom. The van der Waals surface area contributed by atoms with Gasteiger partial charge in [-0.25, -0.2) is 0 Å². The maximum atomic E-state index is 6.06. The van der Waals surface area contributed by atoms with Crippen molar-refractivity contribution in [3.63, 3.8) is 0 Å². The van der Waals surface area contributed by atoms with Crippen LogP contribution in [0.5, 0.6) is 0 Å². The molecule has 1 atom stereocenters. The molecule has 1 nitrogen and oxygen atoms in total. The molecule has 2 rings (SSSR count). The van der Waals surface area contributed by atoms with Crippen molar-refractivity contribution in [3.8, 4) is 0 Å². The molecule has 0 spiro atoms. The zero-order chi connectivity index (χ0) is 10.1. The van der Waals surface area contributed by atoms with Crippen molar-refractivity contribution in [2.24, 2.45) is 11.7 Å². The molecule has 1 aliphatic rings. The van der Waals surface area contributed by atoms with Gasteiger partial charge < -0.3 is 5.73 Å². The van der Waals surface area contributed by atoms with Crippen LogP contribution in [0.25, 0.3) is 0 Å². The molecule has 0 aliphatic heterocycles. The molecule has 3 heteroatoms. The summed E-state index contributed by atoms with van der Waals surface area (Å²) in [6, 6.07) is 5.62. The summed E-state index contributed by atoms with van der Waals surface area (Å²) in [7, 11) is 0. The summed E-state index contributed by atoms with van der Waals surface area (Å²) in [5.74, 6) is 0.822. The Bertz CT molecular complexity index is 314. The van der Waals surface area contributed by atoms with Crippen LogP contribution in [0.2, 0.25) is 10.0 Å². The molecule has 1 aromatic carbocycles. The molecule has 1 saturated carbocycles. The van der Waals surface area contributed by atoms with E-state index < -0.39 is 0 Å². The number of hydrogen-bond acceptors (Lipinski definition) is 1. The van der Waals surface area contributed by atoms with Gasteiger partial charge in [0.15, 0.2) is 0 Å². The Hall–Kier alpha value is -0.240. The van der Waals surface area contributed by atoms with Crippen LogP contribution < -0.4 is 5.73 Å². The molecule has 1 aliphatic carbocycles. The lowest BCUT2D eigenvalue weighted by atomic mass is 10.0. The van der Waals surface area contributed by atoms with Crippen LogP contribution in [0.1, 0.15) is 30.9 Å². The first-order chi connectivity index (χ1) is 6.65. The van der Waals surface area contributed by atoms with Crippen molar-refractivity contribution in [1.82, 2.24) is 0 Å². The summed E-state index contributed by atoms with van der Waals surface area (Å²) in [6.45, 7) is 0. The van der Waals surface area contributed by atoms with Gasteiger partial charge in [-0.2, -0.15) is 0 Å². The molecule has 76 valence electrons. The van der Waals surface area contributed by atoms with Gasteiger partial charge in [0.05, 0.1) is 0 Å². The van der Waals surface area contributed by atoms with Crippen molar-refractivity contribution in [2.75, 3.05) is 0 Å². The number of nitrogens with two attached hydrogens (primary N) is 1. The first kappa shape index (κ1) is 10.3. The van der Waals surface area contributed by atoms with Gasteiger partial charge in [-0.1, -0.05) is 36.0 Å². The van der Waals surface area contributed by atoms with Crippen molar-refractivity contribution in [1.29, 1.82) is 0 Å². The lowest BCUT2D eigenvalue weighted by molar-refractivity contribution is 0.597. The van der Waals surface area contributed by atoms with E-state index in [2.05, 4.69) is 0 Å². The summed E-state index contributed by atoms with van der Waals surface area (Å²) >= 11 is 11.8. The van der Waals surface area contributed by atoms with E-state index in [0.717, 1.165) is 17.9 Å². The molecular formula is C11H13Cl2N. The Balaban J connectivity index is 2.12. The van der Waals surface area contributed by atoms with Crippen molar-refractivity contribution < 1.29 is 0 Å². The van der Waals surface area contributed by atoms with Gasteiger partial charge in [0, 0.05) is 16.1 Å². The van der Waals surface area contributed by atoms with Crippen molar-refractivity contribution >= 4 is 23.2 Å². The van der Waals surface area contributed by atoms with Gasteiger partial charge >= 0.3 is 0 Å². The average Bonchev–Trinajstić information content (AvgIpc) is 2.86. The number of halogens is 2. The number of rotatable bonds is 3. The molecule has 0 radical (unpaired) electrons. The summed E-state index contributed by atoms with van der Waals surface area (Å²) in [5, 5.41) is 1.33. The Morgan fingerprint density at radius 3 is 2.29 bits per heavy atom. The van der Waals surface area contributed by atoms with Crippen LogP contribution in [-0.4, -0.2) is 0 Å². The van der Waals surface area contributed by atoms with Crippen LogP contribution in [-0.2, 0) is 0 Å². The minimum atomic E-state index is 0.0821. The molecular weight excluding hydrogens is 217 g/mol. The third kappa shape index (κ3) is 2.63. The normalized spacial score (nSPS) is 18.2. The molecule has 0 bridgehead atoms. The van der Waals surface area contributed by atoms with E-state index in [1.165, 1.54) is 12.8 Å². The van der Waals surface area contributed by atoms with E-state index in [9.17, 15) is 0 Å². The lowest BCUT2D eigenvalue weighted by Gasteiger charge is -2.12. The van der Waals surface area contributed by atoms with Crippen molar-refractivity contribution in [2.45, 2.75) is 25.3 Å². The monoisotopic (exact) mass is 229 g/mol. The smallest absolute Gasteiger partial charge is 0.0424 e. The van der Waals surface area contributed by atoms with Crippen LogP contribution in [0, 0.1) is 5.92 Å². The fourth-order valence-corrected chi connectivity index (χ4v) is 2.18. The highest BCUT2D eigenvalue weighted by Crippen LogP contribution is 2.37. The second-order valence-corrected chi connectivity index (χ2v) is 4.86. The highest BCUT2D eigenvalue weighted by molar-refractivity contribution is 6.34. The van der Waals surface area contributed by atoms with Gasteiger partial charge in [-0.15, -0.1) is 0 Å². The van der Waals surface area contributed by atoms with E-state index in [-0.39, 0.29) is 6.04 Å². The summed E-state index contributed by atoms with van der Waals surface area (Å²) < 4.78 is 0. The highest BCUT2D eigenvalue weighted by atomic mass is 35.5. The second kappa shape index (κ2) is 4.09. The Kier molecular flexibility index (Phi) is 3.01. The molecule has 1 aromatic rings. The largest absolute Gasteiger partial charge is 0.324 e. The van der Waals surface area contributed by atoms with Gasteiger partial charge in [-0.05, 0) is 36.1 Å². The summed E-state index contributed by atoms with van der Waals surface area (Å²) in [6.07, 6.45) is 3.70. The standard InChI is InChI=1S/C11H13Cl2N/c12-9-4-8(5-10(13)6-9)11(14)3-7-1-2-7/h4-7,11H,1-3,14H2. The van der Waals surface area contributed by atoms with Gasteiger partial charge in [0.25, 0.3) is 0 Å². The Morgan fingerprint density at radius 2 is 1.79 bits per heavy atom. The van der Waals surface area contributed by atoms with E-state index >= 15 is 0 Å². The molecule has 0 heterocycles. The topological polar surface area (TPSA) is 26.0 Å². The zero-order valence-electron chi connectivity index (χ0n) is 7.84. The lowest BCUT2D eigenvalue weighted by Crippen LogP contribution is -2.10. The minimum Gasteiger partial charge on any atom is -0.324 e. The van der Waals surface area contributed by atoms with E-state index in [4.69, 9.17) is 28.9 Å². The maximum Gasteiger partial charge on any atom is 0.0424 e. The quantitative estimate of drug-likeness (QED) is 0.839. The van der Waals surface area contributed by atoms with Crippen LogP contribution >= 0.6 is 23.2 Å². The molecule has 1 fully saturated rings. The number of hydrogen-bond donors (Lipinski definition) is 1. The van der Waals surface area contributed by atoms with Crippen LogP contribution in [0.3, 0.4) is 0 Å². The molecule has 0 saturated heterocycles. The molecule has 2 N–H and O–H groups in total. The molecule has 1 unspecified atom stereocenters. The predicted octanol–water partition coefficient (Wildman–Crippen LogP) is 3.79. The van der Waals surface area contributed by atoms with Crippen LogP contribution in [0.4, 0.5) is 0 Å². The van der Waals surface area contributed by atoms with Gasteiger partial charge in [0.1, 0.15) is 0 Å². The van der Waals surface area contributed by atoms with Gasteiger partial charge in [-0.3, -0.25) is 0 Å². The first-order valence-corrected chi connectivity index (χ1v) is 5.62. The van der Waals surface area contributed by atoms with Gasteiger partial charge in [0.2, 0.25) is 0 Å². The molecule has 14 heavy (non-hydrogen) atoms. The number of benzene rings is 1.